The molecule has 1 fully saturated rings. The van der Waals surface area contributed by atoms with Crippen molar-refractivity contribution < 1.29 is 23.1 Å². The highest BCUT2D eigenvalue weighted by Gasteiger charge is 2.49. The molecule has 1 aromatic rings. The molecule has 0 spiro atoms. The first kappa shape index (κ1) is 14.4. The summed E-state index contributed by atoms with van der Waals surface area (Å²) in [5.74, 6) is -4.83. The van der Waals surface area contributed by atoms with Crippen LogP contribution in [0.1, 0.15) is 36.8 Å². The Kier molecular flexibility index (Phi) is 3.46. The molecule has 1 N–H and O–H groups in total. The monoisotopic (exact) mass is 283 g/mol. The summed E-state index contributed by atoms with van der Waals surface area (Å²) >= 11 is 0. The van der Waals surface area contributed by atoms with E-state index < -0.39 is 36.0 Å². The minimum absolute atomic E-state index is 0.207. The first-order valence-corrected chi connectivity index (χ1v) is 6.12. The van der Waals surface area contributed by atoms with Crippen LogP contribution in [0.5, 0.6) is 0 Å². The summed E-state index contributed by atoms with van der Waals surface area (Å²) < 4.78 is 39.8. The van der Waals surface area contributed by atoms with Gasteiger partial charge in [-0.25, -0.2) is 13.2 Å². The van der Waals surface area contributed by atoms with Gasteiger partial charge in [0.2, 0.25) is 5.92 Å². The summed E-state index contributed by atoms with van der Waals surface area (Å²) in [6, 6.07) is 5.04. The summed E-state index contributed by atoms with van der Waals surface area (Å²) in [6.45, 7) is 0. The van der Waals surface area contributed by atoms with E-state index in [4.69, 9.17) is 5.26 Å². The molecule has 106 valence electrons. The Morgan fingerprint density at radius 3 is 2.35 bits per heavy atom. The molecule has 3 nitrogen and oxygen atoms in total. The maximum Gasteiger partial charge on any atom is 0.314 e. The fraction of sp³-hybridized carbons (Fsp3) is 0.429. The third-order valence-corrected chi connectivity index (χ3v) is 3.88. The number of aliphatic carboxylic acids is 1. The van der Waals surface area contributed by atoms with E-state index in [-0.39, 0.29) is 24.0 Å². The zero-order valence-electron chi connectivity index (χ0n) is 10.5. The van der Waals surface area contributed by atoms with Gasteiger partial charge in [0, 0.05) is 12.8 Å². The van der Waals surface area contributed by atoms with Gasteiger partial charge in [-0.3, -0.25) is 4.79 Å². The number of rotatable bonds is 2. The summed E-state index contributed by atoms with van der Waals surface area (Å²) in [5.41, 5.74) is -1.54. The SMILES string of the molecule is N#Cc1cc(C2(C(=O)O)CCC(F)(F)CC2)ccc1F. The number of benzene rings is 1. The van der Waals surface area contributed by atoms with E-state index in [0.29, 0.717) is 0 Å². The van der Waals surface area contributed by atoms with Crippen molar-refractivity contribution >= 4 is 5.97 Å². The Bertz CT molecular complexity index is 583. The molecule has 1 aliphatic carbocycles. The highest BCUT2D eigenvalue weighted by molar-refractivity contribution is 5.81. The van der Waals surface area contributed by atoms with Crippen LogP contribution in [-0.2, 0) is 10.2 Å². The fourth-order valence-electron chi connectivity index (χ4n) is 2.58. The van der Waals surface area contributed by atoms with E-state index in [2.05, 4.69) is 0 Å². The second kappa shape index (κ2) is 4.82. The van der Waals surface area contributed by atoms with E-state index in [1.807, 2.05) is 0 Å². The molecule has 0 aromatic heterocycles. The number of alkyl halides is 2. The van der Waals surface area contributed by atoms with Crippen molar-refractivity contribution in [2.75, 3.05) is 0 Å². The van der Waals surface area contributed by atoms with Crippen LogP contribution in [0.25, 0.3) is 0 Å². The molecule has 0 heterocycles. The van der Waals surface area contributed by atoms with Gasteiger partial charge in [-0.05, 0) is 30.5 Å². The van der Waals surface area contributed by atoms with E-state index in [1.54, 1.807) is 6.07 Å². The normalized spacial score (nSPS) is 20.1. The Morgan fingerprint density at radius 1 is 1.25 bits per heavy atom. The molecule has 2 rings (SSSR count). The summed E-state index contributed by atoms with van der Waals surface area (Å²) in [6.07, 6.45) is -1.52. The number of carbonyl (C=O) groups is 1. The van der Waals surface area contributed by atoms with Gasteiger partial charge in [0.05, 0.1) is 11.0 Å². The summed E-state index contributed by atoms with van der Waals surface area (Å²) in [7, 11) is 0. The number of nitrogens with zero attached hydrogens (tertiary/aromatic N) is 1. The van der Waals surface area contributed by atoms with Crippen LogP contribution in [0.3, 0.4) is 0 Å². The molecule has 20 heavy (non-hydrogen) atoms. The molecule has 0 radical (unpaired) electrons. The van der Waals surface area contributed by atoms with Gasteiger partial charge in [0.25, 0.3) is 0 Å². The molecule has 0 bridgehead atoms. The van der Waals surface area contributed by atoms with Crippen LogP contribution in [0, 0.1) is 17.1 Å². The predicted octanol–water partition coefficient (Wildman–Crippen LogP) is 3.23. The quantitative estimate of drug-likeness (QED) is 0.906. The molecule has 0 amide bonds. The second-order valence-electron chi connectivity index (χ2n) is 5.05. The van der Waals surface area contributed by atoms with Gasteiger partial charge in [-0.1, -0.05) is 6.07 Å². The first-order valence-electron chi connectivity index (χ1n) is 6.12. The molecule has 1 aliphatic rings. The van der Waals surface area contributed by atoms with Crippen molar-refractivity contribution in [1.82, 2.24) is 0 Å². The number of carboxylic acids is 1. The first-order chi connectivity index (χ1) is 9.31. The number of nitriles is 1. The lowest BCUT2D eigenvalue weighted by Gasteiger charge is -2.37. The minimum atomic E-state index is -2.86. The van der Waals surface area contributed by atoms with Gasteiger partial charge >= 0.3 is 5.97 Å². The minimum Gasteiger partial charge on any atom is -0.481 e. The van der Waals surface area contributed by atoms with Crippen LogP contribution < -0.4 is 0 Å². The number of hydrogen-bond acceptors (Lipinski definition) is 2. The average Bonchev–Trinajstić information content (AvgIpc) is 2.39. The van der Waals surface area contributed by atoms with Crippen LogP contribution in [-0.4, -0.2) is 17.0 Å². The Hall–Kier alpha value is -2.03. The van der Waals surface area contributed by atoms with E-state index >= 15 is 0 Å². The summed E-state index contributed by atoms with van der Waals surface area (Å²) in [4.78, 5) is 11.6. The number of hydrogen-bond donors (Lipinski definition) is 1. The van der Waals surface area contributed by atoms with Gasteiger partial charge in [-0.15, -0.1) is 0 Å². The van der Waals surface area contributed by atoms with Crippen molar-refractivity contribution in [3.63, 3.8) is 0 Å². The molecule has 1 aromatic carbocycles. The number of halogens is 3. The lowest BCUT2D eigenvalue weighted by atomic mass is 9.68. The van der Waals surface area contributed by atoms with E-state index in [1.165, 1.54) is 6.07 Å². The van der Waals surface area contributed by atoms with Crippen molar-refractivity contribution in [2.24, 2.45) is 0 Å². The van der Waals surface area contributed by atoms with E-state index in [9.17, 15) is 23.1 Å². The zero-order valence-corrected chi connectivity index (χ0v) is 10.5. The van der Waals surface area contributed by atoms with Crippen molar-refractivity contribution in [2.45, 2.75) is 37.0 Å². The van der Waals surface area contributed by atoms with Crippen LogP contribution in [0.2, 0.25) is 0 Å². The molecular weight excluding hydrogens is 271 g/mol. The fourth-order valence-corrected chi connectivity index (χ4v) is 2.58. The molecule has 0 aliphatic heterocycles. The molecule has 0 unspecified atom stereocenters. The third kappa shape index (κ3) is 2.36. The van der Waals surface area contributed by atoms with Crippen LogP contribution >= 0.6 is 0 Å². The topological polar surface area (TPSA) is 61.1 Å². The zero-order chi connectivity index (χ0) is 15.0. The number of carboxylic acid groups (broad SMARTS) is 1. The van der Waals surface area contributed by atoms with Crippen molar-refractivity contribution in [1.29, 1.82) is 5.26 Å². The molecule has 0 saturated heterocycles. The van der Waals surface area contributed by atoms with Gasteiger partial charge < -0.3 is 5.11 Å². The Balaban J connectivity index is 2.45. The highest BCUT2D eigenvalue weighted by atomic mass is 19.3. The van der Waals surface area contributed by atoms with Gasteiger partial charge in [0.15, 0.2) is 0 Å². The lowest BCUT2D eigenvalue weighted by molar-refractivity contribution is -0.149. The molecular formula is C14H12F3NO2. The summed E-state index contributed by atoms with van der Waals surface area (Å²) in [5, 5.41) is 18.2. The Labute approximate surface area is 113 Å². The second-order valence-corrected chi connectivity index (χ2v) is 5.05. The smallest absolute Gasteiger partial charge is 0.314 e. The maximum absolute atomic E-state index is 13.3. The van der Waals surface area contributed by atoms with Crippen LogP contribution in [0.4, 0.5) is 13.2 Å². The van der Waals surface area contributed by atoms with E-state index in [0.717, 1.165) is 12.1 Å². The lowest BCUT2D eigenvalue weighted by Crippen LogP contribution is -2.42. The predicted molar refractivity (Wildman–Crippen MR) is 63.8 cm³/mol. The molecule has 1 saturated carbocycles. The molecule has 6 heteroatoms. The standard InChI is InChI=1S/C14H12F3NO2/c15-11-2-1-10(7-9(11)8-18)13(12(19)20)3-5-14(16,17)6-4-13/h1-2,7H,3-6H2,(H,19,20). The highest BCUT2D eigenvalue weighted by Crippen LogP contribution is 2.45. The van der Waals surface area contributed by atoms with Crippen molar-refractivity contribution in [3.8, 4) is 6.07 Å². The van der Waals surface area contributed by atoms with Gasteiger partial charge in [-0.2, -0.15) is 5.26 Å². The van der Waals surface area contributed by atoms with Crippen LogP contribution in [0.15, 0.2) is 18.2 Å². The Morgan fingerprint density at radius 2 is 1.85 bits per heavy atom. The average molecular weight is 283 g/mol. The molecule has 0 atom stereocenters. The van der Waals surface area contributed by atoms with Gasteiger partial charge in [0.1, 0.15) is 11.9 Å². The maximum atomic E-state index is 13.3. The third-order valence-electron chi connectivity index (χ3n) is 3.88. The van der Waals surface area contributed by atoms with Crippen molar-refractivity contribution in [3.05, 3.63) is 35.1 Å². The largest absolute Gasteiger partial charge is 0.481 e.